The Morgan fingerprint density at radius 1 is 1.03 bits per heavy atom. The standard InChI is InChI=1S/C24H18ClN3O3S2/c25-11-3-5-12(6-4-11)28-22(29)17-13-8-14(18(17)23(28)30)19-16(13)15(10-2-1-7-26-9-10)20-21(32-19)27-24(31)33-20/h1-7,9,13-19H,8H2,(H,27,31)/t13-,14-,15-,16+,17-,18+,19-/m1/s1. The zero-order chi connectivity index (χ0) is 22.4. The number of nitrogens with one attached hydrogen (secondary N) is 1. The highest BCUT2D eigenvalue weighted by Crippen LogP contribution is 2.68. The predicted molar refractivity (Wildman–Crippen MR) is 127 cm³/mol. The molecule has 3 fully saturated rings. The number of carbonyl (C=O) groups excluding carboxylic acids is 2. The van der Waals surface area contributed by atoms with E-state index in [1.807, 2.05) is 12.3 Å². The number of aromatic nitrogens is 2. The maximum absolute atomic E-state index is 13.6. The number of thiazole rings is 1. The SMILES string of the molecule is O=C1[C@@H]2[C@@H]3C[C@@H]([C@H]4Sc5[nH]c(=O)sc5[C@H](c5cccnc5)[C@H]34)[C@@H]2C(=O)N1c1ccc(Cl)cc1. The van der Waals surface area contributed by atoms with Gasteiger partial charge in [0.25, 0.3) is 0 Å². The van der Waals surface area contributed by atoms with Crippen molar-refractivity contribution in [3.05, 3.63) is 73.9 Å². The fourth-order valence-corrected chi connectivity index (χ4v) is 9.81. The minimum Gasteiger partial charge on any atom is -0.307 e. The molecule has 1 aromatic carbocycles. The molecular formula is C24H18ClN3O3S2. The Hall–Kier alpha value is -2.42. The highest BCUT2D eigenvalue weighted by Gasteiger charge is 2.69. The van der Waals surface area contributed by atoms with Gasteiger partial charge in [-0.3, -0.25) is 24.3 Å². The molecule has 6 nitrogen and oxygen atoms in total. The minimum atomic E-state index is -0.309. The summed E-state index contributed by atoms with van der Waals surface area (Å²) >= 11 is 8.98. The fraction of sp³-hybridized carbons (Fsp3) is 0.333. The summed E-state index contributed by atoms with van der Waals surface area (Å²) in [5.41, 5.74) is 1.66. The molecule has 2 aromatic heterocycles. The van der Waals surface area contributed by atoms with Crippen molar-refractivity contribution in [3.63, 3.8) is 0 Å². The van der Waals surface area contributed by atoms with Crippen LogP contribution in [0.3, 0.4) is 0 Å². The number of nitrogens with zero attached hydrogens (tertiary/aromatic N) is 2. The molecule has 2 amide bonds. The lowest BCUT2D eigenvalue weighted by molar-refractivity contribution is -0.123. The van der Waals surface area contributed by atoms with Crippen LogP contribution in [0, 0.1) is 29.6 Å². The third-order valence-corrected chi connectivity index (χ3v) is 10.7. The molecule has 2 bridgehead atoms. The first-order valence-corrected chi connectivity index (χ1v) is 13.0. The van der Waals surface area contributed by atoms with E-state index in [9.17, 15) is 14.4 Å². The topological polar surface area (TPSA) is 83.1 Å². The summed E-state index contributed by atoms with van der Waals surface area (Å²) in [4.78, 5) is 49.2. The van der Waals surface area contributed by atoms with E-state index < -0.39 is 0 Å². The zero-order valence-corrected chi connectivity index (χ0v) is 19.6. The van der Waals surface area contributed by atoms with Crippen molar-refractivity contribution in [3.8, 4) is 0 Å². The molecule has 3 aromatic rings. The van der Waals surface area contributed by atoms with Crippen LogP contribution in [0.2, 0.25) is 5.02 Å². The zero-order valence-electron chi connectivity index (χ0n) is 17.2. The molecule has 0 spiro atoms. The molecule has 0 unspecified atom stereocenters. The summed E-state index contributed by atoms with van der Waals surface area (Å²) in [6.07, 6.45) is 4.50. The number of hydrogen-bond acceptors (Lipinski definition) is 6. The van der Waals surface area contributed by atoms with Crippen molar-refractivity contribution >= 4 is 52.2 Å². The molecule has 4 heterocycles. The van der Waals surface area contributed by atoms with Gasteiger partial charge < -0.3 is 4.98 Å². The molecule has 1 saturated heterocycles. The Morgan fingerprint density at radius 3 is 2.52 bits per heavy atom. The minimum absolute atomic E-state index is 0.00679. The molecule has 2 saturated carbocycles. The Balaban J connectivity index is 1.33. The fourth-order valence-electron chi connectivity index (χ4n) is 6.79. The van der Waals surface area contributed by atoms with Crippen molar-refractivity contribution in [2.45, 2.75) is 22.6 Å². The lowest BCUT2D eigenvalue weighted by atomic mass is 9.68. The number of pyridine rings is 1. The summed E-state index contributed by atoms with van der Waals surface area (Å²) in [5, 5.41) is 1.66. The first-order valence-electron chi connectivity index (χ1n) is 11.0. The van der Waals surface area contributed by atoms with Crippen LogP contribution in [0.4, 0.5) is 5.69 Å². The monoisotopic (exact) mass is 495 g/mol. The number of halogens is 1. The third kappa shape index (κ3) is 2.68. The number of carbonyl (C=O) groups is 2. The average molecular weight is 496 g/mol. The van der Waals surface area contributed by atoms with Crippen LogP contribution in [0.5, 0.6) is 0 Å². The molecule has 4 aliphatic rings. The molecule has 1 N–H and O–H groups in total. The van der Waals surface area contributed by atoms with Crippen LogP contribution < -0.4 is 9.77 Å². The summed E-state index contributed by atoms with van der Waals surface area (Å²) in [6.45, 7) is 0. The van der Waals surface area contributed by atoms with E-state index in [1.165, 1.54) is 16.2 Å². The molecule has 7 rings (SSSR count). The number of benzene rings is 1. The van der Waals surface area contributed by atoms with Gasteiger partial charge in [0.15, 0.2) is 0 Å². The van der Waals surface area contributed by atoms with Gasteiger partial charge in [0.05, 0.1) is 22.5 Å². The molecule has 2 aliphatic carbocycles. The first-order chi connectivity index (χ1) is 16.0. The van der Waals surface area contributed by atoms with Crippen molar-refractivity contribution in [1.29, 1.82) is 0 Å². The second-order valence-electron chi connectivity index (χ2n) is 9.24. The number of thioether (sulfide) groups is 1. The number of amides is 2. The van der Waals surface area contributed by atoms with Crippen LogP contribution >= 0.6 is 34.7 Å². The number of fused-ring (bicyclic) bond motifs is 9. The maximum Gasteiger partial charge on any atom is 0.305 e. The van der Waals surface area contributed by atoms with E-state index in [0.717, 1.165) is 21.9 Å². The third-order valence-electron chi connectivity index (χ3n) is 7.85. The molecule has 9 heteroatoms. The largest absolute Gasteiger partial charge is 0.307 e. The molecular weight excluding hydrogens is 478 g/mol. The predicted octanol–water partition coefficient (Wildman–Crippen LogP) is 4.16. The number of anilines is 1. The van der Waals surface area contributed by atoms with Gasteiger partial charge in [0.2, 0.25) is 11.8 Å². The second kappa shape index (κ2) is 7.04. The van der Waals surface area contributed by atoms with E-state index in [4.69, 9.17) is 11.6 Å². The Labute approximate surface area is 202 Å². The van der Waals surface area contributed by atoms with Crippen LogP contribution in [0.1, 0.15) is 22.8 Å². The maximum atomic E-state index is 13.6. The van der Waals surface area contributed by atoms with Crippen LogP contribution in [-0.4, -0.2) is 27.0 Å². The number of H-pyrrole nitrogens is 1. The van der Waals surface area contributed by atoms with Gasteiger partial charge in [0.1, 0.15) is 0 Å². The van der Waals surface area contributed by atoms with Crippen LogP contribution in [-0.2, 0) is 9.59 Å². The van der Waals surface area contributed by atoms with Crippen molar-refractivity contribution in [1.82, 2.24) is 9.97 Å². The van der Waals surface area contributed by atoms with Gasteiger partial charge in [0, 0.05) is 33.5 Å². The van der Waals surface area contributed by atoms with Crippen molar-refractivity contribution in [2.24, 2.45) is 29.6 Å². The number of hydrogen-bond donors (Lipinski definition) is 1. The Kier molecular flexibility index (Phi) is 4.27. The second-order valence-corrected chi connectivity index (χ2v) is 11.9. The summed E-state index contributed by atoms with van der Waals surface area (Å²) in [5.74, 6) is -0.396. The summed E-state index contributed by atoms with van der Waals surface area (Å²) in [7, 11) is 0. The lowest BCUT2D eigenvalue weighted by Crippen LogP contribution is -2.42. The highest BCUT2D eigenvalue weighted by atomic mass is 35.5. The number of aromatic amines is 1. The quantitative estimate of drug-likeness (QED) is 0.540. The van der Waals surface area contributed by atoms with Gasteiger partial charge in [-0.05, 0) is 60.1 Å². The first kappa shape index (κ1) is 20.0. The van der Waals surface area contributed by atoms with Crippen molar-refractivity contribution < 1.29 is 9.59 Å². The summed E-state index contributed by atoms with van der Waals surface area (Å²) < 4.78 is 0. The Morgan fingerprint density at radius 2 is 1.79 bits per heavy atom. The highest BCUT2D eigenvalue weighted by molar-refractivity contribution is 8.00. The smallest absolute Gasteiger partial charge is 0.305 e. The van der Waals surface area contributed by atoms with Gasteiger partial charge in [-0.25, -0.2) is 0 Å². The number of rotatable bonds is 2. The van der Waals surface area contributed by atoms with Crippen molar-refractivity contribution in [2.75, 3.05) is 4.90 Å². The molecule has 33 heavy (non-hydrogen) atoms. The molecule has 0 radical (unpaired) electrons. The van der Waals surface area contributed by atoms with E-state index in [1.54, 1.807) is 42.2 Å². The van der Waals surface area contributed by atoms with Gasteiger partial charge in [-0.1, -0.05) is 29.0 Å². The lowest BCUT2D eigenvalue weighted by Gasteiger charge is -2.42. The van der Waals surface area contributed by atoms with Gasteiger partial charge >= 0.3 is 4.87 Å². The van der Waals surface area contributed by atoms with E-state index in [0.29, 0.717) is 10.7 Å². The summed E-state index contributed by atoms with van der Waals surface area (Å²) in [6, 6.07) is 10.9. The molecule has 7 atom stereocenters. The number of imide groups is 1. The molecule has 166 valence electrons. The van der Waals surface area contributed by atoms with Crippen LogP contribution in [0.25, 0.3) is 0 Å². The van der Waals surface area contributed by atoms with E-state index in [2.05, 4.69) is 16.0 Å². The van der Waals surface area contributed by atoms with Gasteiger partial charge in [-0.15, -0.1) is 11.8 Å². The van der Waals surface area contributed by atoms with E-state index >= 15 is 0 Å². The van der Waals surface area contributed by atoms with E-state index in [-0.39, 0.29) is 57.4 Å². The van der Waals surface area contributed by atoms with Gasteiger partial charge in [-0.2, -0.15) is 0 Å². The average Bonchev–Trinajstić information content (AvgIpc) is 3.54. The van der Waals surface area contributed by atoms with Crippen LogP contribution in [0.15, 0.2) is 58.6 Å². The normalized spacial score (nSPS) is 33.8. The Bertz CT molecular complexity index is 1360. The molecule has 2 aliphatic heterocycles.